The maximum Gasteiger partial charge on any atom is 0.237 e. The number of aliphatic hydroxyl groups is 1. The van der Waals surface area contributed by atoms with Crippen LogP contribution in [-0.2, 0) is 20.7 Å². The van der Waals surface area contributed by atoms with Crippen LogP contribution in [-0.4, -0.2) is 95.8 Å². The molecule has 1 aliphatic heterocycles. The number of nitrogens with zero attached hydrogens (tertiary/aromatic N) is 5. The number of aliphatic hydroxyl groups excluding tert-OH is 1. The minimum atomic E-state index is -0.692. The van der Waals surface area contributed by atoms with Gasteiger partial charge in [-0.2, -0.15) is 0 Å². The van der Waals surface area contributed by atoms with Gasteiger partial charge in [-0.15, -0.1) is 0 Å². The second kappa shape index (κ2) is 12.0. The second-order valence-corrected chi connectivity index (χ2v) is 9.82. The summed E-state index contributed by atoms with van der Waals surface area (Å²) in [5.74, 6) is 1.21. The Morgan fingerprint density at radius 3 is 2.53 bits per heavy atom. The lowest BCUT2D eigenvalue weighted by molar-refractivity contribution is -0.125. The van der Waals surface area contributed by atoms with Crippen LogP contribution in [0.3, 0.4) is 0 Å². The number of amides is 1. The molecule has 3 heterocycles. The molecule has 1 aromatic carbocycles. The van der Waals surface area contributed by atoms with Crippen molar-refractivity contribution < 1.29 is 24.1 Å². The molecular weight excluding hydrogens is 490 g/mol. The summed E-state index contributed by atoms with van der Waals surface area (Å²) in [7, 11) is 6.94. The molecule has 0 spiro atoms. The van der Waals surface area contributed by atoms with E-state index in [9.17, 15) is 9.90 Å². The number of methoxy groups -OCH3 is 2. The van der Waals surface area contributed by atoms with Gasteiger partial charge in [0.15, 0.2) is 23.2 Å². The van der Waals surface area contributed by atoms with Gasteiger partial charge in [-0.25, -0.2) is 15.0 Å². The Morgan fingerprint density at radius 2 is 1.92 bits per heavy atom. The van der Waals surface area contributed by atoms with Crippen LogP contribution >= 0.6 is 0 Å². The number of fused-ring (bicyclic) bond motifs is 1. The standard InChI is InChI=1S/C26H37N7O5/c1-15(2)30-18(11-16-7-9-17(36-5)10-8-16)25(35)31-20-19(12-34)38-26(22(20)37-6)33-14-29-21-23(32(3)4)27-13-28-24(21)33/h7-10,13-15,18-20,22,26,30,34H,11-12H2,1-6H3,(H,31,35). The van der Waals surface area contributed by atoms with E-state index in [1.165, 1.54) is 6.33 Å². The van der Waals surface area contributed by atoms with E-state index in [0.717, 1.165) is 11.3 Å². The van der Waals surface area contributed by atoms with Crippen molar-refractivity contribution in [3.63, 3.8) is 0 Å². The summed E-state index contributed by atoms with van der Waals surface area (Å²) >= 11 is 0. The minimum absolute atomic E-state index is 0.0753. The molecule has 1 aliphatic rings. The number of benzene rings is 1. The van der Waals surface area contributed by atoms with E-state index in [0.29, 0.717) is 23.4 Å². The quantitative estimate of drug-likeness (QED) is 0.330. The Labute approximate surface area is 222 Å². The van der Waals surface area contributed by atoms with Gasteiger partial charge in [0.25, 0.3) is 0 Å². The highest BCUT2D eigenvalue weighted by Crippen LogP contribution is 2.34. The lowest BCUT2D eigenvalue weighted by atomic mass is 10.0. The SMILES string of the molecule is COc1ccc(CC(NC(C)C)C(=O)NC2C(CO)OC(n3cnc4c(N(C)C)ncnc43)C2OC)cc1. The first kappa shape index (κ1) is 27.7. The Bertz CT molecular complexity index is 1220. The molecule has 5 atom stereocenters. The van der Waals surface area contributed by atoms with Crippen LogP contribution in [0, 0.1) is 0 Å². The minimum Gasteiger partial charge on any atom is -0.497 e. The molecule has 12 nitrogen and oxygen atoms in total. The van der Waals surface area contributed by atoms with Crippen LogP contribution < -0.4 is 20.3 Å². The number of anilines is 1. The highest BCUT2D eigenvalue weighted by molar-refractivity contribution is 5.83. The van der Waals surface area contributed by atoms with Gasteiger partial charge in [-0.1, -0.05) is 26.0 Å². The van der Waals surface area contributed by atoms with E-state index >= 15 is 0 Å². The van der Waals surface area contributed by atoms with E-state index in [1.54, 1.807) is 25.1 Å². The number of carbonyl (C=O) groups is 1. The molecule has 3 N–H and O–H groups in total. The van der Waals surface area contributed by atoms with Gasteiger partial charge < -0.3 is 34.9 Å². The highest BCUT2D eigenvalue weighted by atomic mass is 16.6. The summed E-state index contributed by atoms with van der Waals surface area (Å²) in [5, 5.41) is 16.6. The number of hydrogen-bond acceptors (Lipinski definition) is 10. The largest absolute Gasteiger partial charge is 0.497 e. The van der Waals surface area contributed by atoms with Gasteiger partial charge in [0.2, 0.25) is 5.91 Å². The Balaban J connectivity index is 1.57. The van der Waals surface area contributed by atoms with Gasteiger partial charge in [-0.3, -0.25) is 9.36 Å². The number of rotatable bonds is 11. The first-order valence-electron chi connectivity index (χ1n) is 12.6. The second-order valence-electron chi connectivity index (χ2n) is 9.82. The number of carbonyl (C=O) groups excluding carboxylic acids is 1. The van der Waals surface area contributed by atoms with E-state index in [-0.39, 0.29) is 18.6 Å². The molecule has 1 saturated heterocycles. The summed E-state index contributed by atoms with van der Waals surface area (Å²) in [6.45, 7) is 3.68. The zero-order chi connectivity index (χ0) is 27.4. The number of nitrogens with one attached hydrogen (secondary N) is 2. The third-order valence-electron chi connectivity index (χ3n) is 6.60. The predicted molar refractivity (Wildman–Crippen MR) is 142 cm³/mol. The average molecular weight is 528 g/mol. The predicted octanol–water partition coefficient (Wildman–Crippen LogP) is 0.900. The fourth-order valence-electron chi connectivity index (χ4n) is 4.79. The monoisotopic (exact) mass is 527 g/mol. The van der Waals surface area contributed by atoms with Gasteiger partial charge in [0.1, 0.15) is 24.3 Å². The molecule has 0 saturated carbocycles. The van der Waals surface area contributed by atoms with Crippen LogP contribution in [0.1, 0.15) is 25.6 Å². The molecule has 1 amide bonds. The zero-order valence-corrected chi connectivity index (χ0v) is 22.7. The van der Waals surface area contributed by atoms with Crippen molar-refractivity contribution in [1.82, 2.24) is 30.2 Å². The molecule has 0 bridgehead atoms. The first-order valence-corrected chi connectivity index (χ1v) is 12.6. The molecule has 5 unspecified atom stereocenters. The van der Waals surface area contributed by atoms with E-state index < -0.39 is 30.5 Å². The summed E-state index contributed by atoms with van der Waals surface area (Å²) in [6, 6.07) is 6.59. The fraction of sp³-hybridized carbons (Fsp3) is 0.538. The lowest BCUT2D eigenvalue weighted by Crippen LogP contribution is -2.56. The van der Waals surface area contributed by atoms with Crippen molar-refractivity contribution in [2.24, 2.45) is 0 Å². The number of hydrogen-bond donors (Lipinski definition) is 3. The maximum absolute atomic E-state index is 13.6. The molecule has 206 valence electrons. The van der Waals surface area contributed by atoms with E-state index in [2.05, 4.69) is 25.6 Å². The summed E-state index contributed by atoms with van der Waals surface area (Å²) in [4.78, 5) is 28.7. The van der Waals surface area contributed by atoms with Crippen molar-refractivity contribution in [3.8, 4) is 5.75 Å². The third kappa shape index (κ3) is 5.73. The third-order valence-corrected chi connectivity index (χ3v) is 6.60. The Morgan fingerprint density at radius 1 is 1.18 bits per heavy atom. The van der Waals surface area contributed by atoms with Crippen LogP contribution in [0.25, 0.3) is 11.2 Å². The lowest BCUT2D eigenvalue weighted by Gasteiger charge is -2.27. The van der Waals surface area contributed by atoms with Gasteiger partial charge >= 0.3 is 0 Å². The molecule has 0 radical (unpaired) electrons. The Kier molecular flexibility index (Phi) is 8.77. The average Bonchev–Trinajstić information content (AvgIpc) is 3.48. The van der Waals surface area contributed by atoms with Crippen LogP contribution in [0.5, 0.6) is 5.75 Å². The Hall–Kier alpha value is -3.32. The number of ether oxygens (including phenoxy) is 3. The van der Waals surface area contributed by atoms with Gasteiger partial charge in [0.05, 0.1) is 32.1 Å². The molecule has 0 aliphatic carbocycles. The normalized spacial score (nSPS) is 22.1. The maximum atomic E-state index is 13.6. The molecule has 1 fully saturated rings. The van der Waals surface area contributed by atoms with Crippen LogP contribution in [0.15, 0.2) is 36.9 Å². The van der Waals surface area contributed by atoms with E-state index in [1.807, 2.05) is 57.1 Å². The van der Waals surface area contributed by atoms with Crippen molar-refractivity contribution >= 4 is 22.9 Å². The zero-order valence-electron chi connectivity index (χ0n) is 22.7. The molecule has 3 aromatic rings. The molecule has 38 heavy (non-hydrogen) atoms. The van der Waals surface area contributed by atoms with Gasteiger partial charge in [-0.05, 0) is 24.1 Å². The van der Waals surface area contributed by atoms with Crippen molar-refractivity contribution in [1.29, 1.82) is 0 Å². The summed E-state index contributed by atoms with van der Waals surface area (Å²) in [5.41, 5.74) is 2.17. The van der Waals surface area contributed by atoms with Gasteiger partial charge in [0, 0.05) is 27.2 Å². The molecule has 4 rings (SSSR count). The molecule has 12 heteroatoms. The summed E-state index contributed by atoms with van der Waals surface area (Å²) in [6.07, 6.45) is 1.60. The number of aromatic nitrogens is 4. The fourth-order valence-corrected chi connectivity index (χ4v) is 4.79. The molecular formula is C26H37N7O5. The van der Waals surface area contributed by atoms with Crippen LogP contribution in [0.4, 0.5) is 5.82 Å². The number of imidazole rings is 1. The first-order chi connectivity index (χ1) is 18.3. The highest BCUT2D eigenvalue weighted by Gasteiger charge is 2.47. The smallest absolute Gasteiger partial charge is 0.237 e. The van der Waals surface area contributed by atoms with Crippen molar-refractivity contribution in [3.05, 3.63) is 42.5 Å². The van der Waals surface area contributed by atoms with E-state index in [4.69, 9.17) is 14.2 Å². The van der Waals surface area contributed by atoms with Crippen LogP contribution in [0.2, 0.25) is 0 Å². The summed E-state index contributed by atoms with van der Waals surface area (Å²) < 4.78 is 19.1. The van der Waals surface area contributed by atoms with Crippen molar-refractivity contribution in [2.75, 3.05) is 39.8 Å². The molecule has 2 aromatic heterocycles. The van der Waals surface area contributed by atoms with Crippen molar-refractivity contribution in [2.45, 2.75) is 56.8 Å². The topological polar surface area (TPSA) is 136 Å².